The van der Waals surface area contributed by atoms with E-state index < -0.39 is 51.5 Å². The molecule has 0 unspecified atom stereocenters. The Kier molecular flexibility index (Phi) is 5.47. The highest BCUT2D eigenvalue weighted by atomic mass is 32.3. The molecule has 1 aliphatic heterocycles. The Balaban J connectivity index is 1.72. The lowest BCUT2D eigenvalue weighted by molar-refractivity contribution is -0.138. The van der Waals surface area contributed by atoms with Gasteiger partial charge < -0.3 is 5.11 Å². The van der Waals surface area contributed by atoms with Crippen LogP contribution in [0.1, 0.15) is 39.5 Å². The molecular weight excluding hydrogens is 517 g/mol. The number of hydrogen-bond donors (Lipinski definition) is 3. The summed E-state index contributed by atoms with van der Waals surface area (Å²) in [6, 6.07) is 6.80. The van der Waals surface area contributed by atoms with Gasteiger partial charge in [-0.15, -0.1) is 0 Å². The van der Waals surface area contributed by atoms with Crippen LogP contribution in [0.2, 0.25) is 0 Å². The molecule has 0 bridgehead atoms. The zero-order chi connectivity index (χ0) is 27.0. The fraction of sp³-hybridized carbons (Fsp3) is 0.261. The van der Waals surface area contributed by atoms with Gasteiger partial charge in [0, 0.05) is 20.3 Å². The normalized spacial score (nSPS) is 19.1. The number of hydrogen-bond acceptors (Lipinski definition) is 7. The Labute approximate surface area is 209 Å². The minimum absolute atomic E-state index is 0.000723. The van der Waals surface area contributed by atoms with Gasteiger partial charge in [-0.3, -0.25) is 31.6 Å². The summed E-state index contributed by atoms with van der Waals surface area (Å²) < 4.78 is 65.5. The van der Waals surface area contributed by atoms with Crippen molar-refractivity contribution in [2.45, 2.75) is 25.1 Å². The molecule has 14 heteroatoms. The van der Waals surface area contributed by atoms with E-state index in [0.717, 1.165) is 16.8 Å². The second kappa shape index (κ2) is 8.13. The van der Waals surface area contributed by atoms with Gasteiger partial charge in [-0.2, -0.15) is 13.2 Å². The first kappa shape index (κ1) is 24.9. The van der Waals surface area contributed by atoms with Crippen molar-refractivity contribution in [3.63, 3.8) is 0 Å². The molecule has 37 heavy (non-hydrogen) atoms. The molecule has 0 saturated heterocycles. The summed E-state index contributed by atoms with van der Waals surface area (Å²) in [5.41, 5.74) is -2.67. The second-order valence-electron chi connectivity index (χ2n) is 8.76. The molecule has 1 aromatic heterocycles. The predicted molar refractivity (Wildman–Crippen MR) is 131 cm³/mol. The average Bonchev–Trinajstić information content (AvgIpc) is 3.32. The van der Waals surface area contributed by atoms with Crippen molar-refractivity contribution in [3.8, 4) is 5.69 Å². The number of benzene rings is 2. The molecule has 5 rings (SSSR count). The molecule has 0 saturated carbocycles. The van der Waals surface area contributed by atoms with E-state index in [1.165, 1.54) is 53.0 Å². The molecule has 0 spiro atoms. The van der Waals surface area contributed by atoms with Crippen molar-refractivity contribution < 1.29 is 32.2 Å². The summed E-state index contributed by atoms with van der Waals surface area (Å²) in [5, 5.41) is 9.69. The van der Waals surface area contributed by atoms with E-state index >= 15 is 0 Å². The van der Waals surface area contributed by atoms with Crippen LogP contribution in [0.3, 0.4) is 0 Å². The third kappa shape index (κ3) is 3.62. The van der Waals surface area contributed by atoms with Crippen LogP contribution in [-0.2, 0) is 12.6 Å². The second-order valence-corrected chi connectivity index (χ2v) is 10.8. The Morgan fingerprint density at radius 1 is 1.05 bits per heavy atom. The number of fused-ring (bicyclic) bond motifs is 2. The van der Waals surface area contributed by atoms with Gasteiger partial charge in [0.25, 0.3) is 5.56 Å². The van der Waals surface area contributed by atoms with Gasteiger partial charge in [-0.25, -0.2) is 9.59 Å². The minimum Gasteiger partial charge on any atom is -0.477 e. The highest BCUT2D eigenvalue weighted by Gasteiger charge is 2.39. The van der Waals surface area contributed by atoms with Gasteiger partial charge in [0.2, 0.25) is 0 Å². The van der Waals surface area contributed by atoms with Crippen LogP contribution in [0, 0.1) is 0 Å². The van der Waals surface area contributed by atoms with Crippen molar-refractivity contribution in [1.29, 1.82) is 0 Å². The van der Waals surface area contributed by atoms with Crippen LogP contribution >= 0.6 is 11.0 Å². The minimum atomic E-state index is -4.63. The van der Waals surface area contributed by atoms with Crippen LogP contribution in [-0.4, -0.2) is 43.4 Å². The maximum absolute atomic E-state index is 13.6. The highest BCUT2D eigenvalue weighted by molar-refractivity contribution is 8.26. The zero-order valence-electron chi connectivity index (χ0n) is 19.4. The number of aromatic carboxylic acids is 1. The first-order valence-corrected chi connectivity index (χ1v) is 12.4. The number of halogens is 3. The number of alkyl halides is 3. The standard InChI is InChI=1S/C23H21F3N4O6S/c1-27-18-8-6-12(10-19(18)28(2)37(27,35)36)29-11-15(21(32)33)20(31)30(22(29)34)17-9-7-13-14(17)4-3-5-16(13)23(24,25)26/h3-6,8,10-11,17,35-36H,7,9H2,1-2H3,(H,32,33)/t17-/m1/s1. The van der Waals surface area contributed by atoms with Crippen LogP contribution in [0.5, 0.6) is 0 Å². The number of carboxylic acid groups (broad SMARTS) is 1. The maximum Gasteiger partial charge on any atom is 0.416 e. The predicted octanol–water partition coefficient (Wildman–Crippen LogP) is 3.72. The van der Waals surface area contributed by atoms with Crippen LogP contribution in [0.25, 0.3) is 5.69 Å². The number of nitrogens with zero attached hydrogens (tertiary/aromatic N) is 4. The molecule has 196 valence electrons. The SMILES string of the molecule is CN1c2ccc(-n3cc(C(=O)O)c(=O)n([C@@H]4CCc5c4cccc5C(F)(F)F)c3=O)cc2N(C)S1(O)O. The Morgan fingerprint density at radius 2 is 1.73 bits per heavy atom. The van der Waals surface area contributed by atoms with E-state index in [2.05, 4.69) is 0 Å². The molecular formula is C23H21F3N4O6S. The number of carbonyl (C=O) groups is 1. The lowest BCUT2D eigenvalue weighted by Crippen LogP contribution is -2.43. The van der Waals surface area contributed by atoms with E-state index in [0.29, 0.717) is 15.9 Å². The molecule has 2 heterocycles. The summed E-state index contributed by atoms with van der Waals surface area (Å²) in [6.07, 6.45) is -3.82. The molecule has 2 aliphatic rings. The largest absolute Gasteiger partial charge is 0.477 e. The topological polar surface area (TPSA) is 128 Å². The van der Waals surface area contributed by atoms with Gasteiger partial charge in [-0.1, -0.05) is 12.1 Å². The molecule has 3 N–H and O–H groups in total. The van der Waals surface area contributed by atoms with Gasteiger partial charge >= 0.3 is 17.8 Å². The lowest BCUT2D eigenvalue weighted by Gasteiger charge is -2.40. The van der Waals surface area contributed by atoms with E-state index in [-0.39, 0.29) is 29.7 Å². The fourth-order valence-electron chi connectivity index (χ4n) is 4.97. The highest BCUT2D eigenvalue weighted by Crippen LogP contribution is 2.59. The molecule has 0 amide bonds. The van der Waals surface area contributed by atoms with Crippen LogP contribution in [0.4, 0.5) is 24.5 Å². The molecule has 10 nitrogen and oxygen atoms in total. The summed E-state index contributed by atoms with van der Waals surface area (Å²) in [7, 11) is -0.430. The molecule has 3 aromatic rings. The van der Waals surface area contributed by atoms with E-state index in [4.69, 9.17) is 0 Å². The Bertz CT molecular complexity index is 1580. The summed E-state index contributed by atoms with van der Waals surface area (Å²) in [4.78, 5) is 38.7. The third-order valence-corrected chi connectivity index (χ3v) is 8.72. The van der Waals surface area contributed by atoms with E-state index in [9.17, 15) is 41.8 Å². The van der Waals surface area contributed by atoms with E-state index in [1.807, 2.05) is 0 Å². The number of aromatic nitrogens is 2. The van der Waals surface area contributed by atoms with Crippen molar-refractivity contribution in [3.05, 3.63) is 85.7 Å². The lowest BCUT2D eigenvalue weighted by atomic mass is 10.0. The third-order valence-electron chi connectivity index (χ3n) is 6.86. The molecule has 0 fully saturated rings. The molecule has 1 atom stereocenters. The number of anilines is 2. The number of rotatable bonds is 3. The van der Waals surface area contributed by atoms with Gasteiger partial charge in [0.15, 0.2) is 0 Å². The summed E-state index contributed by atoms with van der Waals surface area (Å²) in [6.45, 7) is 0. The van der Waals surface area contributed by atoms with Gasteiger partial charge in [0.05, 0.1) is 28.7 Å². The Morgan fingerprint density at radius 3 is 2.38 bits per heavy atom. The summed E-state index contributed by atoms with van der Waals surface area (Å²) >= 11 is 0. The van der Waals surface area contributed by atoms with Gasteiger partial charge in [0.1, 0.15) is 5.56 Å². The molecule has 2 aromatic carbocycles. The van der Waals surface area contributed by atoms with Crippen molar-refractivity contribution in [2.75, 3.05) is 22.7 Å². The quantitative estimate of drug-likeness (QED) is 0.461. The first-order valence-electron chi connectivity index (χ1n) is 11.0. The maximum atomic E-state index is 13.6. The van der Waals surface area contributed by atoms with E-state index in [1.54, 1.807) is 0 Å². The smallest absolute Gasteiger partial charge is 0.416 e. The molecule has 1 aliphatic carbocycles. The average molecular weight is 539 g/mol. The fourth-order valence-corrected chi connectivity index (χ4v) is 6.17. The van der Waals surface area contributed by atoms with Gasteiger partial charge in [-0.05, 0) is 59.2 Å². The number of carboxylic acids is 1. The molecule has 0 radical (unpaired) electrons. The van der Waals surface area contributed by atoms with Crippen molar-refractivity contribution >= 4 is 28.3 Å². The monoisotopic (exact) mass is 538 g/mol. The van der Waals surface area contributed by atoms with Crippen LogP contribution < -0.4 is 19.9 Å². The first-order chi connectivity index (χ1) is 17.2. The zero-order valence-corrected chi connectivity index (χ0v) is 20.2. The Hall–Kier alpha value is -3.75. The van der Waals surface area contributed by atoms with Crippen molar-refractivity contribution in [1.82, 2.24) is 9.13 Å². The summed E-state index contributed by atoms with van der Waals surface area (Å²) in [5.74, 6) is -1.61. The van der Waals surface area contributed by atoms with Crippen LogP contribution in [0.15, 0.2) is 52.2 Å². The van der Waals surface area contributed by atoms with Crippen molar-refractivity contribution in [2.24, 2.45) is 0 Å².